The molecule has 33 heavy (non-hydrogen) atoms. The molecule has 0 bridgehead atoms. The third kappa shape index (κ3) is 4.67. The molecule has 1 saturated heterocycles. The summed E-state index contributed by atoms with van der Waals surface area (Å²) in [6.07, 6.45) is 6.62. The minimum Gasteiger partial charge on any atom is -0.491 e. The van der Waals surface area contributed by atoms with Gasteiger partial charge in [0.2, 0.25) is 0 Å². The number of benzene rings is 2. The van der Waals surface area contributed by atoms with Gasteiger partial charge < -0.3 is 24.7 Å². The Bertz CT molecular complexity index is 1130. The van der Waals surface area contributed by atoms with Crippen LogP contribution >= 0.6 is 0 Å². The lowest BCUT2D eigenvalue weighted by Gasteiger charge is -2.46. The molecule has 8 nitrogen and oxygen atoms in total. The molecule has 1 spiro atoms. The van der Waals surface area contributed by atoms with E-state index in [0.717, 1.165) is 42.7 Å². The van der Waals surface area contributed by atoms with Crippen molar-refractivity contribution in [3.05, 3.63) is 48.2 Å². The Balaban J connectivity index is 1.13. The fraction of sp³-hybridized carbons (Fsp3) is 0.440. The van der Waals surface area contributed by atoms with Crippen LogP contribution in [0.25, 0.3) is 10.9 Å². The summed E-state index contributed by atoms with van der Waals surface area (Å²) in [6.45, 7) is 2.90. The van der Waals surface area contributed by atoms with Gasteiger partial charge >= 0.3 is 0 Å². The molecule has 1 aromatic heterocycles. The van der Waals surface area contributed by atoms with Crippen molar-refractivity contribution in [3.63, 3.8) is 0 Å². The Morgan fingerprint density at radius 2 is 1.88 bits per heavy atom. The lowest BCUT2D eigenvalue weighted by Crippen LogP contribution is -2.46. The second-order valence-corrected chi connectivity index (χ2v) is 9.02. The van der Waals surface area contributed by atoms with Crippen molar-refractivity contribution < 1.29 is 23.7 Å². The highest BCUT2D eigenvalue weighted by molar-refractivity contribution is 6.00. The number of primary amides is 1. The largest absolute Gasteiger partial charge is 0.491 e. The van der Waals surface area contributed by atoms with Gasteiger partial charge in [-0.15, -0.1) is 0 Å². The van der Waals surface area contributed by atoms with Gasteiger partial charge in [0, 0.05) is 23.9 Å². The average molecular weight is 452 g/mol. The maximum atomic E-state index is 11.9. The number of hydrogen-bond donors (Lipinski definition) is 1. The van der Waals surface area contributed by atoms with Crippen LogP contribution in [0.2, 0.25) is 0 Å². The molecule has 2 heterocycles. The van der Waals surface area contributed by atoms with E-state index in [-0.39, 0.29) is 0 Å². The Morgan fingerprint density at radius 1 is 1.15 bits per heavy atom. The molecule has 2 aromatic carbocycles. The van der Waals surface area contributed by atoms with E-state index < -0.39 is 5.91 Å². The predicted octanol–water partition coefficient (Wildman–Crippen LogP) is 3.82. The van der Waals surface area contributed by atoms with Crippen molar-refractivity contribution in [1.82, 2.24) is 9.78 Å². The second-order valence-electron chi connectivity index (χ2n) is 9.02. The smallest absolute Gasteiger partial charge is 0.252 e. The van der Waals surface area contributed by atoms with E-state index in [2.05, 4.69) is 5.10 Å². The van der Waals surface area contributed by atoms with Gasteiger partial charge in [-0.25, -0.2) is 0 Å². The van der Waals surface area contributed by atoms with Crippen molar-refractivity contribution >= 4 is 16.8 Å². The topological polar surface area (TPSA) is 97.8 Å². The van der Waals surface area contributed by atoms with E-state index in [0.29, 0.717) is 41.8 Å². The molecule has 2 N–H and O–H groups in total. The number of rotatable bonds is 8. The molecule has 3 aromatic rings. The minimum atomic E-state index is -0.551. The number of carbonyl (C=O) groups is 1. The summed E-state index contributed by atoms with van der Waals surface area (Å²) in [6, 6.07) is 10.7. The van der Waals surface area contributed by atoms with Gasteiger partial charge in [0.25, 0.3) is 5.91 Å². The number of nitrogens with two attached hydrogens (primary N) is 1. The Hall–Kier alpha value is -3.10. The lowest BCUT2D eigenvalue weighted by molar-refractivity contribution is -0.148. The first kappa shape index (κ1) is 21.7. The number of fused-ring (bicyclic) bond motifs is 1. The summed E-state index contributed by atoms with van der Waals surface area (Å²) >= 11 is 0. The Morgan fingerprint density at radius 3 is 2.55 bits per heavy atom. The number of carbonyl (C=O) groups excluding carboxylic acids is 1. The van der Waals surface area contributed by atoms with Crippen LogP contribution in [-0.2, 0) is 16.5 Å². The maximum Gasteiger partial charge on any atom is 0.252 e. The standard InChI is InChI=1S/C25H29N3O5/c1-28-22-13-23(21(24(26)29)12-17(22)14-27-28)33-20-4-2-18(3-5-20)31-10-11-32-19-6-8-25(9-7-19)15-30-16-25/h2-5,12-14,19H,6-11,15-16H2,1H3,(H2,26,29). The predicted molar refractivity (Wildman–Crippen MR) is 123 cm³/mol. The summed E-state index contributed by atoms with van der Waals surface area (Å²) in [5.74, 6) is 1.16. The van der Waals surface area contributed by atoms with Crippen molar-refractivity contribution in [2.45, 2.75) is 31.8 Å². The molecule has 2 fully saturated rings. The molecule has 5 rings (SSSR count). The average Bonchev–Trinajstić information content (AvgIpc) is 3.16. The molecule has 1 aliphatic carbocycles. The number of hydrogen-bond acceptors (Lipinski definition) is 6. The molecule has 8 heteroatoms. The van der Waals surface area contributed by atoms with Crippen LogP contribution in [0.15, 0.2) is 42.6 Å². The first-order chi connectivity index (χ1) is 16.0. The van der Waals surface area contributed by atoms with E-state index in [4.69, 9.17) is 24.7 Å². The summed E-state index contributed by atoms with van der Waals surface area (Å²) in [5, 5.41) is 5.04. The van der Waals surface area contributed by atoms with Crippen LogP contribution in [0.4, 0.5) is 0 Å². The Kier molecular flexibility index (Phi) is 5.95. The van der Waals surface area contributed by atoms with Crippen LogP contribution in [0, 0.1) is 5.41 Å². The van der Waals surface area contributed by atoms with Crippen LogP contribution in [0.3, 0.4) is 0 Å². The van der Waals surface area contributed by atoms with Gasteiger partial charge in [-0.05, 0) is 56.0 Å². The van der Waals surface area contributed by atoms with Crippen molar-refractivity contribution in [2.75, 3.05) is 26.4 Å². The SMILES string of the molecule is Cn1ncc2cc(C(N)=O)c(Oc3ccc(OCCOC4CCC5(CC4)COC5)cc3)cc21. The third-order valence-electron chi connectivity index (χ3n) is 6.68. The van der Waals surface area contributed by atoms with Crippen molar-refractivity contribution in [2.24, 2.45) is 18.2 Å². The molecule has 174 valence electrons. The van der Waals surface area contributed by atoms with Crippen LogP contribution < -0.4 is 15.2 Å². The first-order valence-corrected chi connectivity index (χ1v) is 11.4. The maximum absolute atomic E-state index is 11.9. The number of amides is 1. The van der Waals surface area contributed by atoms with Crippen molar-refractivity contribution in [1.29, 1.82) is 0 Å². The molecule has 1 amide bonds. The van der Waals surface area contributed by atoms with Gasteiger partial charge in [0.05, 0.1) is 43.2 Å². The van der Waals surface area contributed by atoms with Crippen LogP contribution in [0.1, 0.15) is 36.0 Å². The zero-order chi connectivity index (χ0) is 22.8. The molecule has 0 unspecified atom stereocenters. The number of ether oxygens (including phenoxy) is 4. The van der Waals surface area contributed by atoms with Gasteiger partial charge in [-0.2, -0.15) is 5.10 Å². The summed E-state index contributed by atoms with van der Waals surface area (Å²) in [4.78, 5) is 11.9. The highest BCUT2D eigenvalue weighted by Crippen LogP contribution is 2.42. The molecule has 2 aliphatic rings. The fourth-order valence-electron chi connectivity index (χ4n) is 4.61. The first-order valence-electron chi connectivity index (χ1n) is 11.4. The van der Waals surface area contributed by atoms with Gasteiger partial charge in [0.15, 0.2) is 0 Å². The van der Waals surface area contributed by atoms with Gasteiger partial charge in [-0.3, -0.25) is 9.48 Å². The van der Waals surface area contributed by atoms with Gasteiger partial charge in [0.1, 0.15) is 23.9 Å². The fourth-order valence-corrected chi connectivity index (χ4v) is 4.61. The van der Waals surface area contributed by atoms with Crippen molar-refractivity contribution in [3.8, 4) is 17.2 Å². The molecule has 0 atom stereocenters. The third-order valence-corrected chi connectivity index (χ3v) is 6.68. The van der Waals surface area contributed by atoms with E-state index in [1.54, 1.807) is 35.1 Å². The molecule has 1 saturated carbocycles. The molecule has 1 aliphatic heterocycles. The molecular weight excluding hydrogens is 422 g/mol. The molecular formula is C25H29N3O5. The normalized spacial score (nSPS) is 17.7. The zero-order valence-corrected chi connectivity index (χ0v) is 18.8. The highest BCUT2D eigenvalue weighted by Gasteiger charge is 2.41. The number of aryl methyl sites for hydroxylation is 1. The van der Waals surface area contributed by atoms with Crippen LogP contribution in [0.5, 0.6) is 17.2 Å². The monoisotopic (exact) mass is 451 g/mol. The summed E-state index contributed by atoms with van der Waals surface area (Å²) in [7, 11) is 1.83. The van der Waals surface area contributed by atoms with E-state index >= 15 is 0 Å². The van der Waals surface area contributed by atoms with E-state index in [9.17, 15) is 4.79 Å². The zero-order valence-electron chi connectivity index (χ0n) is 18.8. The summed E-state index contributed by atoms with van der Waals surface area (Å²) < 4.78 is 24.9. The number of aromatic nitrogens is 2. The second kappa shape index (κ2) is 9.03. The lowest BCUT2D eigenvalue weighted by atomic mass is 9.72. The van der Waals surface area contributed by atoms with Gasteiger partial charge in [-0.1, -0.05) is 0 Å². The van der Waals surface area contributed by atoms with E-state index in [1.165, 1.54) is 12.8 Å². The summed E-state index contributed by atoms with van der Waals surface area (Å²) in [5.41, 5.74) is 7.16. The van der Waals surface area contributed by atoms with E-state index in [1.807, 2.05) is 19.2 Å². The van der Waals surface area contributed by atoms with Crippen LogP contribution in [-0.4, -0.2) is 48.2 Å². The Labute approximate surface area is 192 Å². The minimum absolute atomic E-state index is 0.312. The number of nitrogens with zero attached hydrogens (tertiary/aromatic N) is 2. The molecule has 0 radical (unpaired) electrons. The highest BCUT2D eigenvalue weighted by atomic mass is 16.5. The quantitative estimate of drug-likeness (QED) is 0.523.